The summed E-state index contributed by atoms with van der Waals surface area (Å²) in [5.41, 5.74) is -1.71. The van der Waals surface area contributed by atoms with Gasteiger partial charge in [0.25, 0.3) is 0 Å². The Morgan fingerprint density at radius 2 is 1.80 bits per heavy atom. The number of rotatable bonds is 15. The fraction of sp³-hybridized carbons (Fsp3) is 0.750. The number of halogens is 1. The molecular weight excluding hydrogens is 630 g/mol. The van der Waals surface area contributed by atoms with Crippen LogP contribution in [0.3, 0.4) is 0 Å². The van der Waals surface area contributed by atoms with Gasteiger partial charge in [-0.3, -0.25) is 18.4 Å². The number of carbonyl (C=O) groups is 2. The molecule has 2 aromatic heterocycles. The van der Waals surface area contributed by atoms with Crippen LogP contribution in [0.15, 0.2) is 6.33 Å². The zero-order chi connectivity index (χ0) is 34.6. The van der Waals surface area contributed by atoms with Crippen molar-refractivity contribution in [1.29, 1.82) is 0 Å². The molecule has 3 rings (SSSR count). The first-order valence-electron chi connectivity index (χ1n) is 15.0. The summed E-state index contributed by atoms with van der Waals surface area (Å²) in [4.78, 5) is 39.7. The molecule has 0 aromatic carbocycles. The van der Waals surface area contributed by atoms with Crippen molar-refractivity contribution in [2.75, 3.05) is 32.4 Å². The van der Waals surface area contributed by atoms with Gasteiger partial charge in [0.2, 0.25) is 6.79 Å². The first kappa shape index (κ1) is 37.5. The van der Waals surface area contributed by atoms with Gasteiger partial charge in [0.05, 0.1) is 25.1 Å². The minimum absolute atomic E-state index is 0.0543. The van der Waals surface area contributed by atoms with E-state index in [9.17, 15) is 19.3 Å². The highest BCUT2D eigenvalue weighted by Gasteiger charge is 2.56. The van der Waals surface area contributed by atoms with Gasteiger partial charge in [0, 0.05) is 14.1 Å². The Morgan fingerprint density at radius 3 is 2.39 bits per heavy atom. The molecule has 2 aromatic rings. The van der Waals surface area contributed by atoms with E-state index >= 15 is 4.39 Å². The molecule has 46 heavy (non-hydrogen) atoms. The third-order valence-corrected chi connectivity index (χ3v) is 8.27. The van der Waals surface area contributed by atoms with E-state index in [1.807, 2.05) is 13.8 Å². The van der Waals surface area contributed by atoms with Crippen LogP contribution in [0.5, 0.6) is 0 Å². The van der Waals surface area contributed by atoms with Crippen LogP contribution in [0.1, 0.15) is 66.9 Å². The van der Waals surface area contributed by atoms with Crippen molar-refractivity contribution in [2.24, 2.45) is 5.92 Å². The molecule has 0 amide bonds. The number of aliphatic hydroxyl groups is 1. The maximum Gasteiger partial charge on any atom is 0.510 e. The lowest BCUT2D eigenvalue weighted by atomic mass is 9.98. The molecule has 1 fully saturated rings. The molecule has 2 N–H and O–H groups in total. The molecule has 1 saturated heterocycles. The topological polar surface area (TPSA) is 186 Å². The van der Waals surface area contributed by atoms with E-state index in [4.69, 9.17) is 28.0 Å². The highest BCUT2D eigenvalue weighted by Crippen LogP contribution is 2.48. The van der Waals surface area contributed by atoms with E-state index in [0.29, 0.717) is 17.2 Å². The summed E-state index contributed by atoms with van der Waals surface area (Å²) < 4.78 is 63.4. The van der Waals surface area contributed by atoms with Crippen molar-refractivity contribution in [3.63, 3.8) is 0 Å². The van der Waals surface area contributed by atoms with Crippen LogP contribution in [0.25, 0.3) is 11.2 Å². The molecule has 0 bridgehead atoms. The van der Waals surface area contributed by atoms with Crippen molar-refractivity contribution < 1.29 is 51.6 Å². The van der Waals surface area contributed by atoms with Crippen LogP contribution in [0.2, 0.25) is 0 Å². The average Bonchev–Trinajstić information content (AvgIpc) is 3.42. The number of imidazole rings is 1. The highest BCUT2D eigenvalue weighted by molar-refractivity contribution is 7.51. The zero-order valence-corrected chi connectivity index (χ0v) is 28.8. The van der Waals surface area contributed by atoms with Crippen LogP contribution in [0.4, 0.5) is 15.0 Å². The normalized spacial score (nSPS) is 23.6. The maximum absolute atomic E-state index is 16.2. The lowest BCUT2D eigenvalue weighted by Crippen LogP contribution is -2.42. The van der Waals surface area contributed by atoms with Crippen LogP contribution >= 0.6 is 7.75 Å². The summed E-state index contributed by atoms with van der Waals surface area (Å²) in [5.74, 6) is 0.149. The molecule has 3 heterocycles. The number of nitrogens with zero attached hydrogens (tertiary/aromatic N) is 5. The predicted molar refractivity (Wildman–Crippen MR) is 164 cm³/mol. The number of esters is 1. The Balaban J connectivity index is 1.86. The molecule has 16 nitrogen and oxygen atoms in total. The van der Waals surface area contributed by atoms with Gasteiger partial charge in [0.15, 0.2) is 28.9 Å². The third-order valence-electron chi connectivity index (χ3n) is 6.71. The van der Waals surface area contributed by atoms with Crippen molar-refractivity contribution in [2.45, 2.75) is 104 Å². The predicted octanol–water partition coefficient (Wildman–Crippen LogP) is 3.80. The smallest absolute Gasteiger partial charge is 0.462 e. The van der Waals surface area contributed by atoms with Gasteiger partial charge in [-0.1, -0.05) is 13.8 Å². The van der Waals surface area contributed by atoms with Gasteiger partial charge in [0.1, 0.15) is 24.1 Å². The number of aryl methyl sites for hydroxylation is 1. The largest absolute Gasteiger partial charge is 0.510 e. The average molecular weight is 677 g/mol. The molecule has 1 aliphatic heterocycles. The van der Waals surface area contributed by atoms with E-state index < -0.39 is 75.6 Å². The van der Waals surface area contributed by atoms with Crippen LogP contribution < -0.4 is 9.99 Å². The molecule has 6 atom stereocenters. The summed E-state index contributed by atoms with van der Waals surface area (Å²) in [6, 6.07) is -1.16. The number of nitrogens with one attached hydrogen (secondary N) is 1. The summed E-state index contributed by atoms with van der Waals surface area (Å²) in [5, 5.41) is 13.6. The van der Waals surface area contributed by atoms with Crippen LogP contribution in [-0.2, 0) is 37.4 Å². The Hall–Kier alpha value is -2.95. The van der Waals surface area contributed by atoms with Gasteiger partial charge in [-0.15, -0.1) is 0 Å². The van der Waals surface area contributed by atoms with Gasteiger partial charge in [-0.2, -0.15) is 0 Å². The number of aliphatic hydroxyl groups excluding tert-OH is 1. The zero-order valence-electron chi connectivity index (χ0n) is 27.9. The summed E-state index contributed by atoms with van der Waals surface area (Å²) in [6.45, 7) is 11.5. The number of ether oxygens (including phenoxy) is 4. The second kappa shape index (κ2) is 15.3. The van der Waals surface area contributed by atoms with Gasteiger partial charge in [-0.05, 0) is 53.9 Å². The summed E-state index contributed by atoms with van der Waals surface area (Å²) in [7, 11) is -0.963. The molecule has 0 radical (unpaired) electrons. The molecule has 0 spiro atoms. The molecule has 0 aliphatic carbocycles. The van der Waals surface area contributed by atoms with E-state index in [1.165, 1.54) is 10.9 Å². The minimum atomic E-state index is -4.53. The second-order valence-electron chi connectivity index (χ2n) is 12.3. The molecule has 1 aliphatic rings. The van der Waals surface area contributed by atoms with Gasteiger partial charge >= 0.3 is 19.9 Å². The van der Waals surface area contributed by atoms with Crippen molar-refractivity contribution in [3.05, 3.63) is 12.2 Å². The number of alkyl halides is 1. The van der Waals surface area contributed by atoms with Crippen molar-refractivity contribution in [3.8, 4) is 0 Å². The number of hydrogen-bond donors (Lipinski definition) is 2. The van der Waals surface area contributed by atoms with Crippen LogP contribution in [-0.4, -0.2) is 100 Å². The minimum Gasteiger partial charge on any atom is -0.462 e. The van der Waals surface area contributed by atoms with E-state index in [1.54, 1.807) is 53.6 Å². The number of aromatic nitrogens is 4. The summed E-state index contributed by atoms with van der Waals surface area (Å²) >= 11 is 0. The number of hydrogen-bond acceptors (Lipinski definition) is 14. The second-order valence-corrected chi connectivity index (χ2v) is 14.1. The van der Waals surface area contributed by atoms with Gasteiger partial charge < -0.3 is 29.0 Å². The summed E-state index contributed by atoms with van der Waals surface area (Å²) in [6.07, 6.45) is -5.09. The van der Waals surface area contributed by atoms with E-state index in [0.717, 1.165) is 6.92 Å². The fourth-order valence-corrected chi connectivity index (χ4v) is 6.02. The Labute approximate surface area is 267 Å². The Bertz CT molecular complexity index is 1400. The lowest BCUT2D eigenvalue weighted by molar-refractivity contribution is -0.150. The van der Waals surface area contributed by atoms with Gasteiger partial charge in [-0.25, -0.2) is 33.8 Å². The molecule has 0 saturated carbocycles. The van der Waals surface area contributed by atoms with Crippen molar-refractivity contribution >= 4 is 36.9 Å². The maximum atomic E-state index is 16.2. The Kier molecular flexibility index (Phi) is 12.5. The van der Waals surface area contributed by atoms with Crippen LogP contribution in [0, 0.1) is 12.8 Å². The lowest BCUT2D eigenvalue weighted by Gasteiger charge is -2.27. The highest BCUT2D eigenvalue weighted by atomic mass is 31.2. The third kappa shape index (κ3) is 9.32. The Morgan fingerprint density at radius 1 is 1.15 bits per heavy atom. The first-order valence-corrected chi connectivity index (χ1v) is 16.5. The molecule has 260 valence electrons. The monoisotopic (exact) mass is 676 g/mol. The quantitative estimate of drug-likeness (QED) is 0.157. The van der Waals surface area contributed by atoms with E-state index in [-0.39, 0.29) is 18.0 Å². The molecular formula is C28H46FN6O10P. The van der Waals surface area contributed by atoms with E-state index in [2.05, 4.69) is 20.0 Å². The standard InChI is InChI=1S/C28H46FN6O10P/c1-15(2)11-19(25(37)43-16(3)4)33-46(39,42-14-40-27(38)44-17(5)6)41-12-20-22(36)28(8,29)26(45-20)35-13-30-21-23(34(9)10)31-18(7)32-24(21)35/h13,15-17,19-20,22,26,36H,11-12,14H2,1-10H3,(H,33,39)/t19-,20+,22+,26+,28+,46?/m0/s1. The number of anilines is 1. The number of carbonyl (C=O) groups excluding carboxylic acids is 2. The first-order chi connectivity index (χ1) is 21.3. The van der Waals surface area contributed by atoms with Crippen molar-refractivity contribution in [1.82, 2.24) is 24.6 Å². The SMILES string of the molecule is Cc1nc(N(C)C)c2ncn([C@@H]3O[C@H](COP(=O)(N[C@@H](CC(C)C)C(=O)OC(C)C)OCOC(=O)OC(C)C)[C@@H](O)[C@@]3(C)F)c2n1. The molecule has 18 heteroatoms. The number of fused-ring (bicyclic) bond motifs is 1. The molecule has 1 unspecified atom stereocenters. The fourth-order valence-electron chi connectivity index (χ4n) is 4.67.